The van der Waals surface area contributed by atoms with Gasteiger partial charge < -0.3 is 0 Å². The van der Waals surface area contributed by atoms with Crippen LogP contribution in [0.4, 0.5) is 0 Å². The fraction of sp³-hybridized carbons (Fsp3) is 0.300. The number of carbonyl (C=O) groups is 1. The molecule has 1 aromatic rings. The molecule has 0 amide bonds. The monoisotopic (exact) mass is 182 g/mol. The van der Waals surface area contributed by atoms with Crippen LogP contribution in [0.5, 0.6) is 0 Å². The first-order chi connectivity index (χ1) is 5.61. The molecule has 0 aliphatic carbocycles. The van der Waals surface area contributed by atoms with Crippen LogP contribution in [0, 0.1) is 6.92 Å². The second-order valence-electron chi connectivity index (χ2n) is 2.94. The highest BCUT2D eigenvalue weighted by Crippen LogP contribution is 2.18. The van der Waals surface area contributed by atoms with Gasteiger partial charge in [0.15, 0.2) is 0 Å². The van der Waals surface area contributed by atoms with E-state index in [9.17, 15) is 4.79 Å². The number of rotatable bonds is 2. The van der Waals surface area contributed by atoms with Crippen LogP contribution in [-0.2, 0) is 4.79 Å². The average molecular weight is 183 g/mol. The summed E-state index contributed by atoms with van der Waals surface area (Å²) in [5.74, 6) is -0.202. The molecule has 2 heteroatoms. The lowest BCUT2D eigenvalue weighted by molar-refractivity contribution is -0.112. The van der Waals surface area contributed by atoms with Gasteiger partial charge in [0.1, 0.15) is 0 Å². The predicted octanol–water partition coefficient (Wildman–Crippen LogP) is 2.86. The van der Waals surface area contributed by atoms with E-state index in [0.29, 0.717) is 0 Å². The highest BCUT2D eigenvalue weighted by atomic mass is 35.5. The fourth-order valence-electron chi connectivity index (χ4n) is 1.07. The van der Waals surface area contributed by atoms with Crippen LogP contribution >= 0.6 is 11.6 Å². The summed E-state index contributed by atoms with van der Waals surface area (Å²) < 4.78 is 0. The van der Waals surface area contributed by atoms with E-state index in [4.69, 9.17) is 11.6 Å². The third-order valence-electron chi connectivity index (χ3n) is 1.88. The molecule has 1 rings (SSSR count). The van der Waals surface area contributed by atoms with Crippen molar-refractivity contribution in [1.82, 2.24) is 0 Å². The predicted molar refractivity (Wildman–Crippen MR) is 50.5 cm³/mol. The Morgan fingerprint density at radius 1 is 1.50 bits per heavy atom. The van der Waals surface area contributed by atoms with Gasteiger partial charge in [-0.05, 0) is 24.1 Å². The molecule has 0 saturated carbocycles. The molecule has 1 atom stereocenters. The van der Waals surface area contributed by atoms with Crippen molar-refractivity contribution in [3.63, 3.8) is 0 Å². The number of aryl methyl sites for hydroxylation is 1. The van der Waals surface area contributed by atoms with Crippen molar-refractivity contribution in [1.29, 1.82) is 0 Å². The molecule has 0 spiro atoms. The lowest BCUT2D eigenvalue weighted by Gasteiger charge is -2.06. The summed E-state index contributed by atoms with van der Waals surface area (Å²) in [6.07, 6.45) is 0. The van der Waals surface area contributed by atoms with Gasteiger partial charge in [0.2, 0.25) is 5.24 Å². The van der Waals surface area contributed by atoms with Gasteiger partial charge in [0.05, 0.1) is 5.92 Å². The molecular weight excluding hydrogens is 172 g/mol. The molecule has 12 heavy (non-hydrogen) atoms. The van der Waals surface area contributed by atoms with Crippen LogP contribution in [0.25, 0.3) is 0 Å². The van der Waals surface area contributed by atoms with Gasteiger partial charge in [0.25, 0.3) is 0 Å². The summed E-state index contributed by atoms with van der Waals surface area (Å²) >= 11 is 5.38. The van der Waals surface area contributed by atoms with E-state index in [1.165, 1.54) is 0 Å². The third-order valence-corrected chi connectivity index (χ3v) is 2.21. The molecule has 0 aliphatic heterocycles. The molecule has 64 valence electrons. The molecule has 0 heterocycles. The van der Waals surface area contributed by atoms with Gasteiger partial charge in [-0.1, -0.05) is 36.8 Å². The normalized spacial score (nSPS) is 12.6. The Labute approximate surface area is 77.4 Å². The van der Waals surface area contributed by atoms with Crippen molar-refractivity contribution < 1.29 is 4.79 Å². The molecular formula is C10H11ClO. The summed E-state index contributed by atoms with van der Waals surface area (Å²) in [5, 5.41) is -0.305. The second-order valence-corrected chi connectivity index (χ2v) is 3.31. The number of carbonyl (C=O) groups excluding carboxylic acids is 1. The highest BCUT2D eigenvalue weighted by molar-refractivity contribution is 6.64. The largest absolute Gasteiger partial charge is 0.281 e. The summed E-state index contributed by atoms with van der Waals surface area (Å²) in [6.45, 7) is 3.80. The van der Waals surface area contributed by atoms with E-state index >= 15 is 0 Å². The average Bonchev–Trinajstić information content (AvgIpc) is 2.03. The third kappa shape index (κ3) is 2.08. The Hall–Kier alpha value is -0.820. The molecule has 0 radical (unpaired) electrons. The zero-order valence-corrected chi connectivity index (χ0v) is 7.93. The number of benzene rings is 1. The van der Waals surface area contributed by atoms with Gasteiger partial charge in [-0.2, -0.15) is 0 Å². The molecule has 0 saturated heterocycles. The van der Waals surface area contributed by atoms with Gasteiger partial charge in [0, 0.05) is 0 Å². The van der Waals surface area contributed by atoms with E-state index in [-0.39, 0.29) is 11.2 Å². The van der Waals surface area contributed by atoms with E-state index in [2.05, 4.69) is 0 Å². The summed E-state index contributed by atoms with van der Waals surface area (Å²) in [5.41, 5.74) is 2.13. The summed E-state index contributed by atoms with van der Waals surface area (Å²) in [4.78, 5) is 10.8. The fourth-order valence-corrected chi connectivity index (χ4v) is 1.20. The molecule has 0 bridgehead atoms. The Kier molecular flexibility index (Phi) is 2.88. The van der Waals surface area contributed by atoms with Crippen LogP contribution in [-0.4, -0.2) is 5.24 Å². The first-order valence-corrected chi connectivity index (χ1v) is 4.25. The molecule has 0 aromatic heterocycles. The topological polar surface area (TPSA) is 17.1 Å². The summed E-state index contributed by atoms with van der Waals surface area (Å²) in [6, 6.07) is 7.82. The zero-order valence-electron chi connectivity index (χ0n) is 7.17. The Bertz CT molecular complexity index is 294. The quantitative estimate of drug-likeness (QED) is 0.643. The van der Waals surface area contributed by atoms with E-state index in [1.54, 1.807) is 0 Å². The molecule has 1 nitrogen and oxygen atoms in total. The minimum absolute atomic E-state index is 0.202. The maximum atomic E-state index is 10.8. The van der Waals surface area contributed by atoms with Gasteiger partial charge in [-0.25, -0.2) is 0 Å². The number of hydrogen-bond donors (Lipinski definition) is 0. The smallest absolute Gasteiger partial charge is 0.228 e. The van der Waals surface area contributed by atoms with Crippen molar-refractivity contribution >= 4 is 16.8 Å². The van der Waals surface area contributed by atoms with Crippen molar-refractivity contribution in [2.75, 3.05) is 0 Å². The van der Waals surface area contributed by atoms with Crippen molar-refractivity contribution in [2.45, 2.75) is 19.8 Å². The zero-order chi connectivity index (χ0) is 9.14. The first-order valence-electron chi connectivity index (χ1n) is 3.87. The van der Waals surface area contributed by atoms with Crippen molar-refractivity contribution in [2.24, 2.45) is 0 Å². The molecule has 1 aromatic carbocycles. The second kappa shape index (κ2) is 3.72. The van der Waals surface area contributed by atoms with Crippen molar-refractivity contribution in [3.8, 4) is 0 Å². The maximum absolute atomic E-state index is 10.8. The maximum Gasteiger partial charge on any atom is 0.228 e. The van der Waals surface area contributed by atoms with Crippen LogP contribution < -0.4 is 0 Å². The molecule has 0 N–H and O–H groups in total. The van der Waals surface area contributed by atoms with Crippen LogP contribution in [0.15, 0.2) is 24.3 Å². The van der Waals surface area contributed by atoms with Crippen LogP contribution in [0.2, 0.25) is 0 Å². The van der Waals surface area contributed by atoms with E-state index in [0.717, 1.165) is 11.1 Å². The Morgan fingerprint density at radius 2 is 2.17 bits per heavy atom. The minimum atomic E-state index is -0.305. The Balaban J connectivity index is 2.95. The van der Waals surface area contributed by atoms with Crippen LogP contribution in [0.3, 0.4) is 0 Å². The van der Waals surface area contributed by atoms with Gasteiger partial charge in [-0.3, -0.25) is 4.79 Å². The van der Waals surface area contributed by atoms with E-state index < -0.39 is 0 Å². The van der Waals surface area contributed by atoms with Gasteiger partial charge in [-0.15, -0.1) is 0 Å². The van der Waals surface area contributed by atoms with Gasteiger partial charge >= 0.3 is 0 Å². The minimum Gasteiger partial charge on any atom is -0.281 e. The van der Waals surface area contributed by atoms with E-state index in [1.807, 2.05) is 38.1 Å². The first kappa shape index (κ1) is 9.27. The molecule has 0 fully saturated rings. The van der Waals surface area contributed by atoms with Crippen molar-refractivity contribution in [3.05, 3.63) is 35.4 Å². The van der Waals surface area contributed by atoms with Crippen LogP contribution in [0.1, 0.15) is 24.0 Å². The Morgan fingerprint density at radius 3 is 2.67 bits per heavy atom. The lowest BCUT2D eigenvalue weighted by atomic mass is 10.0. The SMILES string of the molecule is Cc1cccc(C(C)C(=O)Cl)c1. The number of hydrogen-bond acceptors (Lipinski definition) is 1. The molecule has 1 unspecified atom stereocenters. The molecule has 0 aliphatic rings. The summed E-state index contributed by atoms with van der Waals surface area (Å²) in [7, 11) is 0. The standard InChI is InChI=1S/C10H11ClO/c1-7-4-3-5-9(6-7)8(2)10(11)12/h3-6,8H,1-2H3. The number of halogens is 1. The highest BCUT2D eigenvalue weighted by Gasteiger charge is 2.11. The lowest BCUT2D eigenvalue weighted by Crippen LogP contribution is -2.01.